The molecular weight excluding hydrogens is 360 g/mol. The fourth-order valence-corrected chi connectivity index (χ4v) is 4.10. The highest BCUT2D eigenvalue weighted by Gasteiger charge is 2.20. The fraction of sp³-hybridized carbons (Fsp3) is 0.350. The third-order valence-electron chi connectivity index (χ3n) is 4.68. The van der Waals surface area contributed by atoms with Crippen LogP contribution in [0.15, 0.2) is 58.3 Å². The molecule has 0 atom stereocenters. The van der Waals surface area contributed by atoms with Crippen LogP contribution in [-0.4, -0.2) is 44.4 Å². The molecule has 0 radical (unpaired) electrons. The summed E-state index contributed by atoms with van der Waals surface area (Å²) in [5.74, 6) is 2.16. The monoisotopic (exact) mass is 382 g/mol. The quantitative estimate of drug-likeness (QED) is 0.609. The number of likely N-dealkylation sites (tertiary alicyclic amines) is 1. The zero-order chi connectivity index (χ0) is 18.5. The number of aromatic nitrogens is 3. The number of hydrogen-bond donors (Lipinski definition) is 0. The lowest BCUT2D eigenvalue weighted by atomic mass is 10.1. The first kappa shape index (κ1) is 17.9. The average molecular weight is 382 g/mol. The molecule has 1 saturated heterocycles. The van der Waals surface area contributed by atoms with Crippen LogP contribution in [0.1, 0.15) is 25.0 Å². The molecule has 1 fully saturated rings. The Morgan fingerprint density at radius 1 is 1.04 bits per heavy atom. The molecular formula is C20H22N4O2S. The molecule has 0 aliphatic carbocycles. The average Bonchev–Trinajstić information content (AvgIpc) is 3.38. The second-order valence-corrected chi connectivity index (χ2v) is 7.51. The maximum absolute atomic E-state index is 12.5. The van der Waals surface area contributed by atoms with E-state index in [1.807, 2.05) is 51.9 Å². The van der Waals surface area contributed by atoms with Crippen molar-refractivity contribution in [2.45, 2.75) is 31.0 Å². The summed E-state index contributed by atoms with van der Waals surface area (Å²) < 4.78 is 7.53. The summed E-state index contributed by atoms with van der Waals surface area (Å²) in [5.41, 5.74) is 0.991. The van der Waals surface area contributed by atoms with Crippen molar-refractivity contribution >= 4 is 17.7 Å². The van der Waals surface area contributed by atoms with Crippen molar-refractivity contribution in [2.24, 2.45) is 0 Å². The lowest BCUT2D eigenvalue weighted by Gasteiger charge is -2.26. The number of thioether (sulfide) groups is 1. The molecule has 1 aromatic carbocycles. The molecule has 0 unspecified atom stereocenters. The maximum Gasteiger partial charge on any atom is 0.233 e. The van der Waals surface area contributed by atoms with Gasteiger partial charge in [0.1, 0.15) is 5.76 Å². The van der Waals surface area contributed by atoms with Crippen LogP contribution in [-0.2, 0) is 11.3 Å². The molecule has 3 heterocycles. The van der Waals surface area contributed by atoms with E-state index in [0.717, 1.165) is 48.2 Å². The number of carbonyl (C=O) groups excluding carboxylic acids is 1. The Bertz CT molecular complexity index is 871. The van der Waals surface area contributed by atoms with Crippen molar-refractivity contribution in [1.82, 2.24) is 19.7 Å². The summed E-state index contributed by atoms with van der Waals surface area (Å²) in [5, 5.41) is 9.47. The number of nitrogens with zero attached hydrogens (tertiary/aromatic N) is 4. The van der Waals surface area contributed by atoms with Gasteiger partial charge in [-0.25, -0.2) is 0 Å². The minimum absolute atomic E-state index is 0.175. The number of benzene rings is 1. The van der Waals surface area contributed by atoms with E-state index in [9.17, 15) is 4.79 Å². The Morgan fingerprint density at radius 2 is 1.85 bits per heavy atom. The highest BCUT2D eigenvalue weighted by atomic mass is 32.2. The first-order chi connectivity index (χ1) is 13.3. The summed E-state index contributed by atoms with van der Waals surface area (Å²) in [6.07, 6.45) is 5.08. The lowest BCUT2D eigenvalue weighted by molar-refractivity contribution is -0.129. The van der Waals surface area contributed by atoms with Crippen molar-refractivity contribution in [3.63, 3.8) is 0 Å². The largest absolute Gasteiger partial charge is 0.467 e. The molecule has 0 spiro atoms. The molecule has 0 N–H and O–H groups in total. The summed E-state index contributed by atoms with van der Waals surface area (Å²) in [6, 6.07) is 13.8. The Labute approximate surface area is 162 Å². The highest BCUT2D eigenvalue weighted by molar-refractivity contribution is 7.99. The van der Waals surface area contributed by atoms with Gasteiger partial charge in [0.2, 0.25) is 5.91 Å². The van der Waals surface area contributed by atoms with E-state index in [2.05, 4.69) is 10.2 Å². The summed E-state index contributed by atoms with van der Waals surface area (Å²) >= 11 is 1.44. The summed E-state index contributed by atoms with van der Waals surface area (Å²) in [6.45, 7) is 2.27. The van der Waals surface area contributed by atoms with E-state index in [0.29, 0.717) is 12.3 Å². The minimum atomic E-state index is 0.175. The van der Waals surface area contributed by atoms with Gasteiger partial charge in [-0.15, -0.1) is 10.2 Å². The van der Waals surface area contributed by atoms with Gasteiger partial charge in [0.15, 0.2) is 11.0 Å². The smallest absolute Gasteiger partial charge is 0.233 e. The molecule has 1 amide bonds. The van der Waals surface area contributed by atoms with E-state index in [4.69, 9.17) is 4.42 Å². The van der Waals surface area contributed by atoms with Gasteiger partial charge in [-0.2, -0.15) is 0 Å². The number of furan rings is 1. The maximum atomic E-state index is 12.5. The van der Waals surface area contributed by atoms with Crippen molar-refractivity contribution in [3.05, 3.63) is 54.5 Å². The van der Waals surface area contributed by atoms with E-state index in [-0.39, 0.29) is 5.91 Å². The molecule has 6 nitrogen and oxygen atoms in total. The predicted octanol–water partition coefficient (Wildman–Crippen LogP) is 3.69. The second kappa shape index (κ2) is 8.43. The summed E-state index contributed by atoms with van der Waals surface area (Å²) in [4.78, 5) is 14.5. The van der Waals surface area contributed by atoms with Gasteiger partial charge in [0.05, 0.1) is 18.6 Å². The van der Waals surface area contributed by atoms with Crippen molar-refractivity contribution < 1.29 is 9.21 Å². The molecule has 27 heavy (non-hydrogen) atoms. The Morgan fingerprint density at radius 3 is 2.59 bits per heavy atom. The number of amides is 1. The minimum Gasteiger partial charge on any atom is -0.467 e. The normalized spacial score (nSPS) is 14.4. The van der Waals surface area contributed by atoms with E-state index >= 15 is 0 Å². The fourth-order valence-electron chi connectivity index (χ4n) is 3.26. The molecule has 4 rings (SSSR count). The number of rotatable bonds is 6. The zero-order valence-corrected chi connectivity index (χ0v) is 15.9. The van der Waals surface area contributed by atoms with Crippen LogP contribution in [0.2, 0.25) is 0 Å². The molecule has 2 aromatic heterocycles. The van der Waals surface area contributed by atoms with Crippen LogP contribution >= 0.6 is 11.8 Å². The SMILES string of the molecule is O=C(CSc1nnc(-c2ccccc2)n1Cc1ccco1)N1CCCCC1. The molecule has 0 bridgehead atoms. The van der Waals surface area contributed by atoms with Crippen molar-refractivity contribution in [2.75, 3.05) is 18.8 Å². The molecule has 1 aliphatic heterocycles. The van der Waals surface area contributed by atoms with E-state index < -0.39 is 0 Å². The molecule has 0 saturated carbocycles. The Kier molecular flexibility index (Phi) is 5.58. The summed E-state index contributed by atoms with van der Waals surface area (Å²) in [7, 11) is 0. The van der Waals surface area contributed by atoms with E-state index in [1.165, 1.54) is 18.2 Å². The Balaban J connectivity index is 1.54. The van der Waals surface area contributed by atoms with Gasteiger partial charge in [0, 0.05) is 18.7 Å². The molecule has 3 aromatic rings. The van der Waals surface area contributed by atoms with Gasteiger partial charge in [-0.3, -0.25) is 9.36 Å². The van der Waals surface area contributed by atoms with E-state index in [1.54, 1.807) is 6.26 Å². The van der Waals surface area contributed by atoms with Crippen LogP contribution in [0.3, 0.4) is 0 Å². The molecule has 140 valence electrons. The van der Waals surface area contributed by atoms with Gasteiger partial charge in [-0.1, -0.05) is 42.1 Å². The third kappa shape index (κ3) is 4.24. The highest BCUT2D eigenvalue weighted by Crippen LogP contribution is 2.25. The molecule has 7 heteroatoms. The van der Waals surface area contributed by atoms with Gasteiger partial charge < -0.3 is 9.32 Å². The Hall–Kier alpha value is -2.54. The standard InChI is InChI=1S/C20H22N4O2S/c25-18(23-11-5-2-6-12-23)15-27-20-22-21-19(16-8-3-1-4-9-16)24(20)14-17-10-7-13-26-17/h1,3-4,7-10,13H,2,5-6,11-12,14-15H2. The third-order valence-corrected chi connectivity index (χ3v) is 5.63. The topological polar surface area (TPSA) is 64.2 Å². The first-order valence-electron chi connectivity index (χ1n) is 9.23. The number of hydrogen-bond acceptors (Lipinski definition) is 5. The first-order valence-corrected chi connectivity index (χ1v) is 10.2. The second-order valence-electron chi connectivity index (χ2n) is 6.57. The number of carbonyl (C=O) groups is 1. The van der Waals surface area contributed by atoms with Gasteiger partial charge in [0.25, 0.3) is 0 Å². The van der Waals surface area contributed by atoms with Crippen LogP contribution in [0.4, 0.5) is 0 Å². The molecule has 1 aliphatic rings. The van der Waals surface area contributed by atoms with Crippen LogP contribution in [0.5, 0.6) is 0 Å². The van der Waals surface area contributed by atoms with Crippen molar-refractivity contribution in [3.8, 4) is 11.4 Å². The lowest BCUT2D eigenvalue weighted by Crippen LogP contribution is -2.36. The van der Waals surface area contributed by atoms with Crippen LogP contribution < -0.4 is 0 Å². The predicted molar refractivity (Wildman–Crippen MR) is 104 cm³/mol. The number of piperidine rings is 1. The zero-order valence-electron chi connectivity index (χ0n) is 15.1. The van der Waals surface area contributed by atoms with Crippen LogP contribution in [0.25, 0.3) is 11.4 Å². The van der Waals surface area contributed by atoms with Crippen LogP contribution in [0, 0.1) is 0 Å². The van der Waals surface area contributed by atoms with Gasteiger partial charge >= 0.3 is 0 Å². The van der Waals surface area contributed by atoms with Crippen molar-refractivity contribution in [1.29, 1.82) is 0 Å². The van der Waals surface area contributed by atoms with Gasteiger partial charge in [-0.05, 0) is 31.4 Å².